The molecule has 0 aromatic rings. The summed E-state index contributed by atoms with van der Waals surface area (Å²) in [5.41, 5.74) is 0.634. The fraction of sp³-hybridized carbons (Fsp3) is 0.500. The van der Waals surface area contributed by atoms with Gasteiger partial charge in [-0.05, 0) is 25.5 Å². The summed E-state index contributed by atoms with van der Waals surface area (Å²) in [6, 6.07) is -0.117. The minimum Gasteiger partial charge on any atom is -0.372 e. The maximum atomic E-state index is 12.9. The summed E-state index contributed by atoms with van der Waals surface area (Å²) >= 11 is 0. The summed E-state index contributed by atoms with van der Waals surface area (Å²) < 4.78 is 12.9. The molecule has 0 amide bonds. The van der Waals surface area contributed by atoms with E-state index in [4.69, 9.17) is 0 Å². The lowest BCUT2D eigenvalue weighted by atomic mass is 10.1. The Labute approximate surface area is 75.0 Å². The molecule has 1 aliphatic heterocycles. The van der Waals surface area contributed by atoms with E-state index in [1.807, 2.05) is 0 Å². The van der Waals surface area contributed by atoms with Crippen LogP contribution < -0.4 is 0 Å². The van der Waals surface area contributed by atoms with Gasteiger partial charge in [0.1, 0.15) is 18.1 Å². The van der Waals surface area contributed by atoms with E-state index < -0.39 is 6.23 Å². The van der Waals surface area contributed by atoms with Crippen molar-refractivity contribution in [2.24, 2.45) is 10.3 Å². The highest BCUT2D eigenvalue weighted by molar-refractivity contribution is 5.28. The van der Waals surface area contributed by atoms with Gasteiger partial charge < -0.3 is 5.11 Å². The number of hydrogen-bond donors (Lipinski definition) is 1. The number of allylic oxidation sites excluding steroid dienone is 2. The number of fused-ring (bicyclic) bond motifs is 1. The molecular weight excluding hydrogens is 173 g/mol. The molecule has 2 aliphatic rings. The molecule has 0 bridgehead atoms. The summed E-state index contributed by atoms with van der Waals surface area (Å²) in [5.74, 6) is -0.288. The first kappa shape index (κ1) is 8.37. The summed E-state index contributed by atoms with van der Waals surface area (Å²) in [6.45, 7) is 1.57. The van der Waals surface area contributed by atoms with Gasteiger partial charge in [-0.1, -0.05) is 5.22 Å². The Morgan fingerprint density at radius 2 is 2.54 bits per heavy atom. The van der Waals surface area contributed by atoms with Crippen LogP contribution in [0.25, 0.3) is 0 Å². The Kier molecular flexibility index (Phi) is 1.88. The van der Waals surface area contributed by atoms with Crippen molar-refractivity contribution >= 4 is 0 Å². The van der Waals surface area contributed by atoms with Crippen molar-refractivity contribution in [2.75, 3.05) is 0 Å². The van der Waals surface area contributed by atoms with Crippen LogP contribution in [0.4, 0.5) is 4.39 Å². The summed E-state index contributed by atoms with van der Waals surface area (Å²) in [6.07, 6.45) is 2.59. The molecule has 0 radical (unpaired) electrons. The molecule has 0 aromatic heterocycles. The van der Waals surface area contributed by atoms with E-state index in [0.29, 0.717) is 12.1 Å². The smallest absolute Gasteiger partial charge is 0.146 e. The van der Waals surface area contributed by atoms with E-state index in [1.165, 1.54) is 17.2 Å². The van der Waals surface area contributed by atoms with E-state index >= 15 is 0 Å². The third kappa shape index (κ3) is 1.35. The van der Waals surface area contributed by atoms with E-state index in [1.54, 1.807) is 6.92 Å². The lowest BCUT2D eigenvalue weighted by Gasteiger charge is -2.21. The molecule has 1 N–H and O–H groups in total. The van der Waals surface area contributed by atoms with Crippen molar-refractivity contribution in [3.63, 3.8) is 0 Å². The highest BCUT2D eigenvalue weighted by Crippen LogP contribution is 2.30. The predicted molar refractivity (Wildman–Crippen MR) is 44.1 cm³/mol. The van der Waals surface area contributed by atoms with Gasteiger partial charge in [-0.3, -0.25) is 0 Å². The summed E-state index contributed by atoms with van der Waals surface area (Å²) in [5, 5.41) is 18.3. The van der Waals surface area contributed by atoms with Gasteiger partial charge in [-0.15, -0.1) is 0 Å². The van der Waals surface area contributed by atoms with E-state index in [9.17, 15) is 9.50 Å². The summed E-state index contributed by atoms with van der Waals surface area (Å²) in [7, 11) is 0. The van der Waals surface area contributed by atoms with Crippen molar-refractivity contribution in [3.8, 4) is 0 Å². The van der Waals surface area contributed by atoms with E-state index in [0.717, 1.165) is 0 Å². The van der Waals surface area contributed by atoms with Gasteiger partial charge in [0, 0.05) is 0 Å². The topological polar surface area (TPSA) is 48.2 Å². The third-order valence-corrected chi connectivity index (χ3v) is 2.07. The van der Waals surface area contributed by atoms with Gasteiger partial charge in [0.15, 0.2) is 0 Å². The quantitative estimate of drug-likeness (QED) is 0.670. The first-order valence-corrected chi connectivity index (χ1v) is 4.14. The Morgan fingerprint density at radius 1 is 1.77 bits per heavy atom. The Morgan fingerprint density at radius 3 is 3.23 bits per heavy atom. The van der Waals surface area contributed by atoms with Crippen LogP contribution in [0.1, 0.15) is 13.3 Å². The average Bonchev–Trinajstić information content (AvgIpc) is 2.46. The minimum absolute atomic E-state index is 0.117. The Hall–Kier alpha value is -1.23. The normalized spacial score (nSPS) is 28.2. The number of halogens is 1. The highest BCUT2D eigenvalue weighted by Gasteiger charge is 2.30. The molecule has 1 heterocycles. The van der Waals surface area contributed by atoms with Crippen LogP contribution >= 0.6 is 0 Å². The first-order valence-electron chi connectivity index (χ1n) is 4.14. The van der Waals surface area contributed by atoms with Crippen LogP contribution in [-0.4, -0.2) is 22.4 Å². The van der Waals surface area contributed by atoms with Crippen LogP contribution in [0.2, 0.25) is 0 Å². The van der Waals surface area contributed by atoms with Gasteiger partial charge in [0.05, 0.1) is 5.70 Å². The number of rotatable bonds is 1. The number of aliphatic hydroxyl groups excluding tert-OH is 1. The van der Waals surface area contributed by atoms with Crippen molar-refractivity contribution in [1.29, 1.82) is 0 Å². The lowest BCUT2D eigenvalue weighted by Crippen LogP contribution is -2.28. The zero-order valence-electron chi connectivity index (χ0n) is 7.18. The van der Waals surface area contributed by atoms with Crippen LogP contribution in [0, 0.1) is 0 Å². The zero-order chi connectivity index (χ0) is 9.42. The second kappa shape index (κ2) is 2.92. The van der Waals surface area contributed by atoms with Gasteiger partial charge >= 0.3 is 0 Å². The zero-order valence-corrected chi connectivity index (χ0v) is 7.18. The number of nitrogens with zero attached hydrogens (tertiary/aromatic N) is 3. The standard InChI is InChI=1S/C8H10FN3O/c1-5(13)12-8-4-6(9)2-3-7(8)10-11-12/h2,4-5,7,13H,3H2,1H3. The van der Waals surface area contributed by atoms with Gasteiger partial charge in [0.2, 0.25) is 0 Å². The number of aliphatic hydroxyl groups is 1. The second-order valence-corrected chi connectivity index (χ2v) is 3.09. The second-order valence-electron chi connectivity index (χ2n) is 3.09. The number of hydrogen-bond acceptors (Lipinski definition) is 4. The van der Waals surface area contributed by atoms with Crippen molar-refractivity contribution < 1.29 is 9.50 Å². The van der Waals surface area contributed by atoms with Crippen LogP contribution in [-0.2, 0) is 0 Å². The van der Waals surface area contributed by atoms with Gasteiger partial charge in [0.25, 0.3) is 0 Å². The van der Waals surface area contributed by atoms with Crippen LogP contribution in [0.5, 0.6) is 0 Å². The molecule has 2 atom stereocenters. The van der Waals surface area contributed by atoms with Gasteiger partial charge in [-0.2, -0.15) is 5.11 Å². The van der Waals surface area contributed by atoms with Crippen molar-refractivity contribution in [1.82, 2.24) is 5.01 Å². The Bertz CT molecular complexity index is 309. The van der Waals surface area contributed by atoms with Crippen molar-refractivity contribution in [3.05, 3.63) is 23.7 Å². The fourth-order valence-electron chi connectivity index (χ4n) is 1.43. The van der Waals surface area contributed by atoms with Crippen LogP contribution in [0.3, 0.4) is 0 Å². The molecule has 5 heteroatoms. The molecular formula is C8H10FN3O. The van der Waals surface area contributed by atoms with E-state index in [-0.39, 0.29) is 11.9 Å². The summed E-state index contributed by atoms with van der Waals surface area (Å²) in [4.78, 5) is 0. The highest BCUT2D eigenvalue weighted by atomic mass is 19.1. The molecule has 2 rings (SSSR count). The SMILES string of the molecule is CC(O)N1N=NC2CC=C(F)C=C21. The molecule has 70 valence electrons. The molecule has 13 heavy (non-hydrogen) atoms. The Balaban J connectivity index is 2.27. The maximum Gasteiger partial charge on any atom is 0.146 e. The molecule has 1 aliphatic carbocycles. The molecule has 4 nitrogen and oxygen atoms in total. The molecule has 0 saturated heterocycles. The largest absolute Gasteiger partial charge is 0.372 e. The van der Waals surface area contributed by atoms with Crippen molar-refractivity contribution in [2.45, 2.75) is 25.6 Å². The average molecular weight is 183 g/mol. The predicted octanol–water partition coefficient (Wildman–Crippen LogP) is 1.52. The molecule has 0 spiro atoms. The molecule has 0 saturated carbocycles. The van der Waals surface area contributed by atoms with Crippen LogP contribution in [0.15, 0.2) is 34.0 Å². The molecule has 2 unspecified atom stereocenters. The van der Waals surface area contributed by atoms with Gasteiger partial charge in [-0.25, -0.2) is 9.40 Å². The lowest BCUT2D eigenvalue weighted by molar-refractivity contribution is 0.0476. The molecule has 0 fully saturated rings. The third-order valence-electron chi connectivity index (χ3n) is 2.07. The first-order chi connectivity index (χ1) is 6.18. The molecule has 0 aromatic carbocycles. The minimum atomic E-state index is -0.758. The monoisotopic (exact) mass is 183 g/mol. The maximum absolute atomic E-state index is 12.9. The van der Waals surface area contributed by atoms with E-state index in [2.05, 4.69) is 10.3 Å². The fourth-order valence-corrected chi connectivity index (χ4v) is 1.43.